The van der Waals surface area contributed by atoms with Crippen molar-refractivity contribution in [3.05, 3.63) is 28.8 Å². The minimum Gasteiger partial charge on any atom is -0.507 e. The number of rotatable bonds is 3. The lowest BCUT2D eigenvalue weighted by Gasteiger charge is -2.29. The Bertz CT molecular complexity index is 428. The van der Waals surface area contributed by atoms with Gasteiger partial charge in [-0.15, -0.1) is 23.5 Å². The van der Waals surface area contributed by atoms with Gasteiger partial charge in [-0.1, -0.05) is 41.5 Å². The SMILES string of the molecule is CSC(SC)c1cc(C(C)(C)C)c(O)c(C(C)(C)C)c1. The summed E-state index contributed by atoms with van der Waals surface area (Å²) in [5, 5.41) is 10.7. The molecular formula is C17H28OS2. The molecule has 0 atom stereocenters. The maximum Gasteiger partial charge on any atom is 0.123 e. The molecule has 0 heterocycles. The van der Waals surface area contributed by atoms with E-state index in [9.17, 15) is 5.11 Å². The molecule has 0 aliphatic carbocycles. The van der Waals surface area contributed by atoms with Gasteiger partial charge in [0.1, 0.15) is 5.75 Å². The van der Waals surface area contributed by atoms with Crippen molar-refractivity contribution in [1.82, 2.24) is 0 Å². The molecule has 3 heteroatoms. The molecule has 1 aromatic carbocycles. The van der Waals surface area contributed by atoms with Crippen LogP contribution in [0.25, 0.3) is 0 Å². The molecule has 0 aliphatic rings. The Morgan fingerprint density at radius 2 is 1.20 bits per heavy atom. The first kappa shape index (κ1) is 17.8. The van der Waals surface area contributed by atoms with Crippen molar-refractivity contribution in [3.8, 4) is 5.75 Å². The summed E-state index contributed by atoms with van der Waals surface area (Å²) in [4.78, 5) is 0. The van der Waals surface area contributed by atoms with Crippen LogP contribution >= 0.6 is 23.5 Å². The molecule has 0 amide bonds. The Kier molecular flexibility index (Phi) is 5.53. The highest BCUT2D eigenvalue weighted by atomic mass is 32.2. The van der Waals surface area contributed by atoms with Crippen LogP contribution in [0.2, 0.25) is 0 Å². The summed E-state index contributed by atoms with van der Waals surface area (Å²) in [5.74, 6) is 0.467. The largest absolute Gasteiger partial charge is 0.507 e. The molecule has 1 nitrogen and oxygen atoms in total. The van der Waals surface area contributed by atoms with E-state index in [1.54, 1.807) is 0 Å². The van der Waals surface area contributed by atoms with Crippen LogP contribution in [-0.4, -0.2) is 17.6 Å². The van der Waals surface area contributed by atoms with Crippen molar-refractivity contribution in [1.29, 1.82) is 0 Å². The Morgan fingerprint density at radius 1 is 0.850 bits per heavy atom. The molecule has 1 N–H and O–H groups in total. The Morgan fingerprint density at radius 3 is 1.45 bits per heavy atom. The van der Waals surface area contributed by atoms with Gasteiger partial charge >= 0.3 is 0 Å². The predicted octanol–water partition coefficient (Wildman–Crippen LogP) is 5.71. The zero-order chi connectivity index (χ0) is 15.7. The van der Waals surface area contributed by atoms with Gasteiger partial charge in [0.25, 0.3) is 0 Å². The van der Waals surface area contributed by atoms with Crippen molar-refractivity contribution in [2.24, 2.45) is 0 Å². The van der Waals surface area contributed by atoms with E-state index in [0.29, 0.717) is 10.3 Å². The van der Waals surface area contributed by atoms with Gasteiger partial charge in [-0.2, -0.15) is 0 Å². The molecule has 1 rings (SSSR count). The highest BCUT2D eigenvalue weighted by molar-refractivity contribution is 8.15. The normalized spacial score (nSPS) is 13.1. The molecule has 0 unspecified atom stereocenters. The van der Waals surface area contributed by atoms with Crippen molar-refractivity contribution < 1.29 is 5.11 Å². The molecule has 0 fully saturated rings. The summed E-state index contributed by atoms with van der Waals surface area (Å²) in [6.45, 7) is 12.9. The van der Waals surface area contributed by atoms with E-state index in [-0.39, 0.29) is 10.8 Å². The van der Waals surface area contributed by atoms with E-state index < -0.39 is 0 Å². The first-order valence-corrected chi connectivity index (χ1v) is 9.53. The predicted molar refractivity (Wildman–Crippen MR) is 95.3 cm³/mol. The number of hydrogen-bond acceptors (Lipinski definition) is 3. The summed E-state index contributed by atoms with van der Waals surface area (Å²) in [6.07, 6.45) is 4.28. The topological polar surface area (TPSA) is 20.2 Å². The number of aromatic hydroxyl groups is 1. The van der Waals surface area contributed by atoms with Gasteiger partial charge in [0, 0.05) is 0 Å². The Hall–Kier alpha value is -0.280. The molecule has 0 saturated carbocycles. The Balaban J connectivity index is 3.58. The molecule has 20 heavy (non-hydrogen) atoms. The molecular weight excluding hydrogens is 284 g/mol. The number of phenolic OH excluding ortho intramolecular Hbond substituents is 1. The molecule has 0 aliphatic heterocycles. The average Bonchev–Trinajstić information content (AvgIpc) is 2.29. The first-order valence-electron chi connectivity index (χ1n) is 6.95. The van der Waals surface area contributed by atoms with Gasteiger partial charge < -0.3 is 5.11 Å². The molecule has 0 aromatic heterocycles. The van der Waals surface area contributed by atoms with Crippen LogP contribution in [0.1, 0.15) is 62.8 Å². The standard InChI is InChI=1S/C17H28OS2/c1-16(2,3)12-9-11(15(19-7)20-8)10-13(14(12)18)17(4,5)6/h9-10,15,18H,1-8H3. The highest BCUT2D eigenvalue weighted by Crippen LogP contribution is 2.44. The van der Waals surface area contributed by atoms with E-state index in [1.165, 1.54) is 5.56 Å². The quantitative estimate of drug-likeness (QED) is 0.722. The van der Waals surface area contributed by atoms with Crippen LogP contribution in [-0.2, 0) is 10.8 Å². The summed E-state index contributed by atoms with van der Waals surface area (Å²) in [5.41, 5.74) is 3.29. The van der Waals surface area contributed by atoms with Gasteiger partial charge in [0.2, 0.25) is 0 Å². The second-order valence-corrected chi connectivity index (χ2v) is 9.45. The minimum absolute atomic E-state index is 0.0541. The molecule has 114 valence electrons. The molecule has 0 spiro atoms. The van der Waals surface area contributed by atoms with Crippen LogP contribution in [0.5, 0.6) is 5.75 Å². The maximum absolute atomic E-state index is 10.7. The number of hydrogen-bond donors (Lipinski definition) is 1. The lowest BCUT2D eigenvalue weighted by atomic mass is 9.78. The average molecular weight is 313 g/mol. The van der Waals surface area contributed by atoms with E-state index >= 15 is 0 Å². The van der Waals surface area contributed by atoms with Crippen molar-refractivity contribution >= 4 is 23.5 Å². The van der Waals surface area contributed by atoms with E-state index in [0.717, 1.165) is 11.1 Å². The number of thioether (sulfide) groups is 2. The highest BCUT2D eigenvalue weighted by Gasteiger charge is 2.27. The minimum atomic E-state index is -0.0541. The second-order valence-electron chi connectivity index (χ2n) is 7.27. The van der Waals surface area contributed by atoms with E-state index in [2.05, 4.69) is 66.2 Å². The molecule has 0 saturated heterocycles. The van der Waals surface area contributed by atoms with Gasteiger partial charge in [0.05, 0.1) is 4.58 Å². The van der Waals surface area contributed by atoms with Crippen LogP contribution in [0.3, 0.4) is 0 Å². The van der Waals surface area contributed by atoms with Crippen LogP contribution in [0.4, 0.5) is 0 Å². The lowest BCUT2D eigenvalue weighted by molar-refractivity contribution is 0.423. The van der Waals surface area contributed by atoms with Crippen LogP contribution in [0, 0.1) is 0 Å². The van der Waals surface area contributed by atoms with Crippen molar-refractivity contribution in [3.63, 3.8) is 0 Å². The zero-order valence-electron chi connectivity index (χ0n) is 14.0. The summed E-state index contributed by atoms with van der Waals surface area (Å²) in [7, 11) is 0. The fourth-order valence-electron chi connectivity index (χ4n) is 2.30. The van der Waals surface area contributed by atoms with Gasteiger partial charge in [0.15, 0.2) is 0 Å². The second kappa shape index (κ2) is 6.23. The van der Waals surface area contributed by atoms with E-state index in [4.69, 9.17) is 0 Å². The third-order valence-electron chi connectivity index (χ3n) is 3.45. The van der Waals surface area contributed by atoms with Crippen LogP contribution < -0.4 is 0 Å². The van der Waals surface area contributed by atoms with E-state index in [1.807, 2.05) is 23.5 Å². The third kappa shape index (κ3) is 3.88. The smallest absolute Gasteiger partial charge is 0.123 e. The van der Waals surface area contributed by atoms with Gasteiger partial charge in [-0.3, -0.25) is 0 Å². The Labute approximate surface area is 132 Å². The molecule has 0 radical (unpaired) electrons. The molecule has 1 aromatic rings. The van der Waals surface area contributed by atoms with Gasteiger partial charge in [-0.05, 0) is 52.2 Å². The summed E-state index contributed by atoms with van der Waals surface area (Å²) < 4.78 is 0.415. The fraction of sp³-hybridized carbons (Fsp3) is 0.647. The fourth-order valence-corrected chi connectivity index (χ4v) is 3.89. The third-order valence-corrected chi connectivity index (χ3v) is 6.00. The van der Waals surface area contributed by atoms with Crippen molar-refractivity contribution in [2.45, 2.75) is 57.0 Å². The lowest BCUT2D eigenvalue weighted by Crippen LogP contribution is -2.18. The number of phenols is 1. The van der Waals surface area contributed by atoms with Crippen LogP contribution in [0.15, 0.2) is 12.1 Å². The first-order chi connectivity index (χ1) is 9.02. The maximum atomic E-state index is 10.7. The monoisotopic (exact) mass is 312 g/mol. The molecule has 0 bridgehead atoms. The van der Waals surface area contributed by atoms with Gasteiger partial charge in [-0.25, -0.2) is 0 Å². The number of benzene rings is 1. The summed E-state index contributed by atoms with van der Waals surface area (Å²) in [6, 6.07) is 4.37. The zero-order valence-corrected chi connectivity index (χ0v) is 15.6. The summed E-state index contributed by atoms with van der Waals surface area (Å²) >= 11 is 3.70. The van der Waals surface area contributed by atoms with Crippen molar-refractivity contribution in [2.75, 3.05) is 12.5 Å².